The summed E-state index contributed by atoms with van der Waals surface area (Å²) in [5.74, 6) is 0.562. The van der Waals surface area contributed by atoms with Gasteiger partial charge in [-0.05, 0) is 32.8 Å². The number of anilines is 1. The van der Waals surface area contributed by atoms with Gasteiger partial charge < -0.3 is 10.1 Å². The van der Waals surface area contributed by atoms with E-state index in [1.54, 1.807) is 0 Å². The monoisotopic (exact) mass is 234 g/mol. The zero-order valence-corrected chi connectivity index (χ0v) is 10.6. The van der Waals surface area contributed by atoms with Crippen molar-refractivity contribution in [1.29, 1.82) is 5.26 Å². The Hall–Kier alpha value is -1.67. The molecule has 1 rings (SSSR count). The highest BCUT2D eigenvalue weighted by atomic mass is 16.5. The summed E-state index contributed by atoms with van der Waals surface area (Å²) >= 11 is 0. The third-order valence-corrected chi connectivity index (χ3v) is 2.53. The number of rotatable bonds is 6. The Bertz CT molecular complexity index is 412. The first-order valence-corrected chi connectivity index (χ1v) is 5.76. The minimum Gasteiger partial charge on any atom is -0.382 e. The van der Waals surface area contributed by atoms with Crippen molar-refractivity contribution in [2.45, 2.75) is 27.2 Å². The van der Waals surface area contributed by atoms with Crippen molar-refractivity contribution in [2.24, 2.45) is 0 Å². The highest BCUT2D eigenvalue weighted by Gasteiger charge is 2.09. The van der Waals surface area contributed by atoms with Gasteiger partial charge in [0.1, 0.15) is 11.6 Å². The maximum atomic E-state index is 9.08. The maximum Gasteiger partial charge on any atom is 0.166 e. The van der Waals surface area contributed by atoms with Gasteiger partial charge in [0.2, 0.25) is 0 Å². The molecular formula is C12H18N4O. The van der Waals surface area contributed by atoms with Crippen LogP contribution in [0.2, 0.25) is 0 Å². The van der Waals surface area contributed by atoms with Crippen molar-refractivity contribution < 1.29 is 4.74 Å². The van der Waals surface area contributed by atoms with Crippen molar-refractivity contribution >= 4 is 5.82 Å². The van der Waals surface area contributed by atoms with Gasteiger partial charge in [-0.25, -0.2) is 0 Å². The molecule has 0 aliphatic heterocycles. The number of nitrogens with one attached hydrogen (secondary N) is 1. The topological polar surface area (TPSA) is 70.8 Å². The Labute approximate surface area is 102 Å². The molecule has 0 atom stereocenters. The molecule has 0 aliphatic rings. The Morgan fingerprint density at radius 3 is 2.76 bits per heavy atom. The van der Waals surface area contributed by atoms with Crippen LogP contribution >= 0.6 is 0 Å². The molecule has 5 nitrogen and oxygen atoms in total. The zero-order chi connectivity index (χ0) is 12.7. The predicted octanol–water partition coefficient (Wildman–Crippen LogP) is 1.80. The van der Waals surface area contributed by atoms with E-state index in [0.717, 1.165) is 30.8 Å². The highest BCUT2D eigenvalue weighted by Crippen LogP contribution is 2.16. The summed E-state index contributed by atoms with van der Waals surface area (Å²) in [7, 11) is 0. The number of aryl methyl sites for hydroxylation is 1. The van der Waals surface area contributed by atoms with Crippen LogP contribution in [0.25, 0.3) is 0 Å². The van der Waals surface area contributed by atoms with Crippen LogP contribution in [-0.4, -0.2) is 30.0 Å². The molecule has 92 valence electrons. The fourth-order valence-corrected chi connectivity index (χ4v) is 1.39. The minimum absolute atomic E-state index is 0.562. The molecule has 1 heterocycles. The lowest BCUT2D eigenvalue weighted by atomic mass is 10.1. The molecule has 0 saturated heterocycles. The fraction of sp³-hybridized carbons (Fsp3) is 0.583. The third kappa shape index (κ3) is 3.68. The summed E-state index contributed by atoms with van der Waals surface area (Å²) in [6.45, 7) is 7.87. The van der Waals surface area contributed by atoms with Gasteiger partial charge in [0.05, 0.1) is 5.69 Å². The van der Waals surface area contributed by atoms with Crippen LogP contribution in [0.3, 0.4) is 0 Å². The van der Waals surface area contributed by atoms with Crippen molar-refractivity contribution in [1.82, 2.24) is 10.2 Å². The molecule has 0 radical (unpaired) electrons. The summed E-state index contributed by atoms with van der Waals surface area (Å²) in [5.41, 5.74) is 2.25. The average molecular weight is 234 g/mol. The van der Waals surface area contributed by atoms with Gasteiger partial charge in [-0.3, -0.25) is 0 Å². The lowest BCUT2D eigenvalue weighted by Gasteiger charge is -2.09. The van der Waals surface area contributed by atoms with E-state index >= 15 is 0 Å². The molecule has 0 spiro atoms. The molecule has 0 bridgehead atoms. The molecule has 17 heavy (non-hydrogen) atoms. The Morgan fingerprint density at radius 1 is 1.35 bits per heavy atom. The lowest BCUT2D eigenvalue weighted by molar-refractivity contribution is 0.147. The molecule has 1 aromatic rings. The van der Waals surface area contributed by atoms with E-state index in [1.165, 1.54) is 0 Å². The van der Waals surface area contributed by atoms with Gasteiger partial charge in [-0.1, -0.05) is 0 Å². The lowest BCUT2D eigenvalue weighted by Crippen LogP contribution is -2.10. The quantitative estimate of drug-likeness (QED) is 0.760. The van der Waals surface area contributed by atoms with Gasteiger partial charge in [0.15, 0.2) is 5.82 Å². The van der Waals surface area contributed by atoms with Gasteiger partial charge in [-0.2, -0.15) is 10.4 Å². The second-order valence-electron chi connectivity index (χ2n) is 3.72. The molecule has 1 N–H and O–H groups in total. The number of hydrogen-bond acceptors (Lipinski definition) is 5. The Balaban J connectivity index is 2.60. The smallest absolute Gasteiger partial charge is 0.166 e. The summed E-state index contributed by atoms with van der Waals surface area (Å²) in [6.07, 6.45) is 0.882. The molecule has 0 fully saturated rings. The zero-order valence-electron chi connectivity index (χ0n) is 10.6. The number of ether oxygens (including phenoxy) is 1. The van der Waals surface area contributed by atoms with E-state index in [4.69, 9.17) is 10.00 Å². The van der Waals surface area contributed by atoms with E-state index in [1.807, 2.05) is 20.8 Å². The summed E-state index contributed by atoms with van der Waals surface area (Å²) in [6, 6.07) is 2.16. The third-order valence-electron chi connectivity index (χ3n) is 2.53. The predicted molar refractivity (Wildman–Crippen MR) is 65.8 cm³/mol. The van der Waals surface area contributed by atoms with Crippen molar-refractivity contribution in [2.75, 3.05) is 25.1 Å². The van der Waals surface area contributed by atoms with E-state index in [2.05, 4.69) is 21.6 Å². The normalized spacial score (nSPS) is 10.0. The SMILES string of the molecule is CCOCCCNc1nnc(C)c(C)c1C#N. The number of nitriles is 1. The van der Waals surface area contributed by atoms with Gasteiger partial charge in [0.25, 0.3) is 0 Å². The van der Waals surface area contributed by atoms with Gasteiger partial charge in [0, 0.05) is 19.8 Å². The minimum atomic E-state index is 0.562. The molecular weight excluding hydrogens is 216 g/mol. The van der Waals surface area contributed by atoms with Crippen LogP contribution in [0.5, 0.6) is 0 Å². The molecule has 0 aliphatic carbocycles. The first-order valence-electron chi connectivity index (χ1n) is 5.76. The number of nitrogens with zero attached hydrogens (tertiary/aromatic N) is 3. The molecule has 0 amide bonds. The molecule has 1 aromatic heterocycles. The van der Waals surface area contributed by atoms with Crippen LogP contribution in [0.4, 0.5) is 5.82 Å². The second kappa shape index (κ2) is 6.81. The van der Waals surface area contributed by atoms with Gasteiger partial charge in [-0.15, -0.1) is 5.10 Å². The first kappa shape index (κ1) is 13.4. The molecule has 5 heteroatoms. The Morgan fingerprint density at radius 2 is 2.12 bits per heavy atom. The van der Waals surface area contributed by atoms with Gasteiger partial charge >= 0.3 is 0 Å². The second-order valence-corrected chi connectivity index (χ2v) is 3.72. The average Bonchev–Trinajstić information content (AvgIpc) is 2.33. The fourth-order valence-electron chi connectivity index (χ4n) is 1.39. The largest absolute Gasteiger partial charge is 0.382 e. The van der Waals surface area contributed by atoms with Crippen molar-refractivity contribution in [3.63, 3.8) is 0 Å². The molecule has 0 saturated carbocycles. The summed E-state index contributed by atoms with van der Waals surface area (Å²) in [5, 5.41) is 20.2. The summed E-state index contributed by atoms with van der Waals surface area (Å²) in [4.78, 5) is 0. The van der Waals surface area contributed by atoms with Crippen molar-refractivity contribution in [3.8, 4) is 6.07 Å². The molecule has 0 aromatic carbocycles. The molecule has 0 unspecified atom stereocenters. The number of hydrogen-bond donors (Lipinski definition) is 1. The van der Waals surface area contributed by atoms with Crippen LogP contribution < -0.4 is 5.32 Å². The van der Waals surface area contributed by atoms with Crippen LogP contribution in [0.15, 0.2) is 0 Å². The maximum absolute atomic E-state index is 9.08. The van der Waals surface area contributed by atoms with E-state index in [9.17, 15) is 0 Å². The standard InChI is InChI=1S/C12H18N4O/c1-4-17-7-5-6-14-12-11(8-13)9(2)10(3)15-16-12/h4-7H2,1-3H3,(H,14,16). The Kier molecular flexibility index (Phi) is 5.37. The number of aromatic nitrogens is 2. The summed E-state index contributed by atoms with van der Waals surface area (Å²) < 4.78 is 5.23. The van der Waals surface area contributed by atoms with Crippen LogP contribution in [0, 0.1) is 25.2 Å². The van der Waals surface area contributed by atoms with Crippen LogP contribution in [0.1, 0.15) is 30.2 Å². The van der Waals surface area contributed by atoms with E-state index in [-0.39, 0.29) is 0 Å². The van der Waals surface area contributed by atoms with Crippen LogP contribution in [-0.2, 0) is 4.74 Å². The first-order chi connectivity index (χ1) is 8.20. The van der Waals surface area contributed by atoms with E-state index < -0.39 is 0 Å². The highest BCUT2D eigenvalue weighted by molar-refractivity contribution is 5.55. The van der Waals surface area contributed by atoms with E-state index in [0.29, 0.717) is 18.0 Å². The van der Waals surface area contributed by atoms with Crippen molar-refractivity contribution in [3.05, 3.63) is 16.8 Å².